The molecule has 166 valence electrons. The topological polar surface area (TPSA) is 83.8 Å². The number of nitrogens with zero attached hydrogens (tertiary/aromatic N) is 5. The summed E-state index contributed by atoms with van der Waals surface area (Å²) in [5.41, 5.74) is 11.1. The first kappa shape index (κ1) is 20.2. The molecule has 0 saturated carbocycles. The highest BCUT2D eigenvalue weighted by Crippen LogP contribution is 2.35. The van der Waals surface area contributed by atoms with E-state index in [1.807, 2.05) is 22.9 Å². The summed E-state index contributed by atoms with van der Waals surface area (Å²) >= 11 is 6.38. The van der Waals surface area contributed by atoms with E-state index in [2.05, 4.69) is 51.1 Å². The smallest absolute Gasteiger partial charge is 0.164 e. The number of aromatic nitrogens is 5. The van der Waals surface area contributed by atoms with Crippen molar-refractivity contribution in [2.75, 3.05) is 18.9 Å². The van der Waals surface area contributed by atoms with Crippen molar-refractivity contribution in [3.8, 4) is 11.3 Å². The molecule has 2 aromatic carbocycles. The summed E-state index contributed by atoms with van der Waals surface area (Å²) in [6.07, 6.45) is 5.42. The molecule has 33 heavy (non-hydrogen) atoms. The lowest BCUT2D eigenvalue weighted by molar-refractivity contribution is 0.0674. The highest BCUT2D eigenvalue weighted by atomic mass is 35.5. The zero-order chi connectivity index (χ0) is 22.4. The molecule has 0 spiro atoms. The van der Waals surface area contributed by atoms with Crippen molar-refractivity contribution < 1.29 is 4.74 Å². The molecular weight excluding hydrogens is 436 g/mol. The molecule has 0 bridgehead atoms. The first-order chi connectivity index (χ1) is 16.2. The van der Waals surface area contributed by atoms with E-state index >= 15 is 0 Å². The van der Waals surface area contributed by atoms with Crippen LogP contribution in [-0.2, 0) is 11.3 Å². The second-order valence-electron chi connectivity index (χ2n) is 8.40. The number of ether oxygens (including phenoxy) is 1. The summed E-state index contributed by atoms with van der Waals surface area (Å²) in [6.45, 7) is 2.17. The van der Waals surface area contributed by atoms with Crippen molar-refractivity contribution in [2.45, 2.75) is 25.4 Å². The minimum absolute atomic E-state index is 0.240. The Morgan fingerprint density at radius 1 is 1.06 bits per heavy atom. The van der Waals surface area contributed by atoms with E-state index in [9.17, 15) is 0 Å². The third-order valence-corrected chi connectivity index (χ3v) is 6.77. The summed E-state index contributed by atoms with van der Waals surface area (Å²) < 4.78 is 9.76. The predicted octanol–water partition coefficient (Wildman–Crippen LogP) is 5.08. The van der Waals surface area contributed by atoms with Crippen LogP contribution in [-0.4, -0.2) is 37.5 Å². The molecule has 0 amide bonds. The van der Waals surface area contributed by atoms with E-state index < -0.39 is 0 Å². The van der Waals surface area contributed by atoms with E-state index in [0.29, 0.717) is 12.4 Å². The van der Waals surface area contributed by atoms with Gasteiger partial charge in [0.2, 0.25) is 0 Å². The molecule has 1 fully saturated rings. The van der Waals surface area contributed by atoms with Crippen LogP contribution in [0.25, 0.3) is 33.2 Å². The first-order valence-corrected chi connectivity index (χ1v) is 11.5. The zero-order valence-electron chi connectivity index (χ0n) is 18.0. The van der Waals surface area contributed by atoms with Crippen molar-refractivity contribution in [1.82, 2.24) is 24.3 Å². The Balaban J connectivity index is 1.43. The third kappa shape index (κ3) is 3.53. The maximum Gasteiger partial charge on any atom is 0.164 e. The lowest BCUT2D eigenvalue weighted by Crippen LogP contribution is -2.20. The van der Waals surface area contributed by atoms with Crippen LogP contribution >= 0.6 is 11.6 Å². The van der Waals surface area contributed by atoms with Crippen molar-refractivity contribution in [1.29, 1.82) is 0 Å². The van der Waals surface area contributed by atoms with Crippen LogP contribution in [0, 0.1) is 0 Å². The Hall–Kier alpha value is -3.42. The molecule has 5 aromatic rings. The fourth-order valence-electron chi connectivity index (χ4n) is 4.68. The van der Waals surface area contributed by atoms with E-state index in [0.717, 1.165) is 69.8 Å². The van der Waals surface area contributed by atoms with Crippen LogP contribution in [0.1, 0.15) is 24.4 Å². The second-order valence-corrected chi connectivity index (χ2v) is 8.81. The van der Waals surface area contributed by atoms with Crippen LogP contribution in [0.4, 0.5) is 5.82 Å². The Morgan fingerprint density at radius 2 is 1.91 bits per heavy atom. The lowest BCUT2D eigenvalue weighted by Gasteiger charge is -2.22. The summed E-state index contributed by atoms with van der Waals surface area (Å²) in [7, 11) is 0. The maximum atomic E-state index is 6.38. The highest BCUT2D eigenvalue weighted by molar-refractivity contribution is 6.31. The molecule has 0 aliphatic carbocycles. The van der Waals surface area contributed by atoms with Crippen molar-refractivity contribution in [2.24, 2.45) is 0 Å². The van der Waals surface area contributed by atoms with Crippen molar-refractivity contribution >= 4 is 39.4 Å². The minimum Gasteiger partial charge on any atom is -0.383 e. The molecule has 1 aliphatic heterocycles. The van der Waals surface area contributed by atoms with Crippen LogP contribution < -0.4 is 5.73 Å². The Bertz CT molecular complexity index is 1470. The lowest BCUT2D eigenvalue weighted by atomic mass is 10.1. The third-order valence-electron chi connectivity index (χ3n) is 6.40. The van der Waals surface area contributed by atoms with Gasteiger partial charge in [0, 0.05) is 47.4 Å². The number of anilines is 1. The van der Waals surface area contributed by atoms with Gasteiger partial charge in [-0.1, -0.05) is 35.9 Å². The first-order valence-electron chi connectivity index (χ1n) is 11.1. The molecule has 0 radical (unpaired) electrons. The van der Waals surface area contributed by atoms with Gasteiger partial charge in [-0.25, -0.2) is 14.6 Å². The molecule has 3 aromatic heterocycles. The van der Waals surface area contributed by atoms with Gasteiger partial charge < -0.3 is 15.0 Å². The van der Waals surface area contributed by atoms with Gasteiger partial charge in [0.1, 0.15) is 17.8 Å². The number of hydrogen-bond acceptors (Lipinski definition) is 5. The minimum atomic E-state index is 0.240. The molecule has 2 N–H and O–H groups in total. The van der Waals surface area contributed by atoms with E-state index in [1.165, 1.54) is 6.33 Å². The Kier molecular flexibility index (Phi) is 5.00. The Labute approximate surface area is 195 Å². The van der Waals surface area contributed by atoms with E-state index in [4.69, 9.17) is 27.2 Å². The Morgan fingerprint density at radius 3 is 2.76 bits per heavy atom. The fraction of sp³-hybridized carbons (Fsp3) is 0.240. The average molecular weight is 459 g/mol. The predicted molar refractivity (Wildman–Crippen MR) is 130 cm³/mol. The normalized spacial score (nSPS) is 14.9. The van der Waals surface area contributed by atoms with Crippen LogP contribution in [0.5, 0.6) is 0 Å². The summed E-state index contributed by atoms with van der Waals surface area (Å²) in [4.78, 5) is 8.78. The molecule has 1 aliphatic rings. The summed E-state index contributed by atoms with van der Waals surface area (Å²) in [5.74, 6) is 0.449. The van der Waals surface area contributed by atoms with Crippen LogP contribution in [0.15, 0.2) is 61.1 Å². The monoisotopic (exact) mass is 458 g/mol. The molecule has 1 saturated heterocycles. The summed E-state index contributed by atoms with van der Waals surface area (Å²) in [5, 5.41) is 7.70. The number of fused-ring (bicyclic) bond motifs is 2. The number of nitrogen functional groups attached to an aromatic ring is 1. The van der Waals surface area contributed by atoms with Crippen LogP contribution in [0.2, 0.25) is 5.02 Å². The molecule has 6 rings (SSSR count). The standard InChI is InChI=1S/C25H23ClN6O/c26-20-4-2-1-3-18(20)14-31-10-7-16-13-17(5-6-21(16)31)23-22-24(27)28-15-29-25(22)32(30-23)19-8-11-33-12-9-19/h1-7,10,13,15,19H,8-9,11-12,14H2,(H2,27,28,29). The number of halogens is 1. The largest absolute Gasteiger partial charge is 0.383 e. The van der Waals surface area contributed by atoms with Gasteiger partial charge >= 0.3 is 0 Å². The SMILES string of the molecule is Nc1ncnc2c1c(-c1ccc3c(ccn3Cc3ccccc3Cl)c1)nn2C1CCOCC1. The van der Waals surface area contributed by atoms with Gasteiger partial charge in [0.05, 0.1) is 11.4 Å². The molecule has 7 nitrogen and oxygen atoms in total. The number of benzene rings is 2. The van der Waals surface area contributed by atoms with E-state index in [-0.39, 0.29) is 6.04 Å². The number of rotatable bonds is 4. The average Bonchev–Trinajstić information content (AvgIpc) is 3.43. The second kappa shape index (κ2) is 8.17. The van der Waals surface area contributed by atoms with Crippen molar-refractivity contribution in [3.63, 3.8) is 0 Å². The molecule has 4 heterocycles. The van der Waals surface area contributed by atoms with Gasteiger partial charge in [0.25, 0.3) is 0 Å². The highest BCUT2D eigenvalue weighted by Gasteiger charge is 2.24. The van der Waals surface area contributed by atoms with Crippen LogP contribution in [0.3, 0.4) is 0 Å². The van der Waals surface area contributed by atoms with E-state index in [1.54, 1.807) is 0 Å². The molecular formula is C25H23ClN6O. The van der Waals surface area contributed by atoms with Gasteiger partial charge in [-0.2, -0.15) is 5.10 Å². The quantitative estimate of drug-likeness (QED) is 0.406. The molecule has 0 atom stereocenters. The zero-order valence-corrected chi connectivity index (χ0v) is 18.7. The van der Waals surface area contributed by atoms with Gasteiger partial charge in [-0.3, -0.25) is 0 Å². The fourth-order valence-corrected chi connectivity index (χ4v) is 4.87. The maximum absolute atomic E-state index is 6.38. The summed E-state index contributed by atoms with van der Waals surface area (Å²) in [6, 6.07) is 16.7. The molecule has 8 heteroatoms. The number of hydrogen-bond donors (Lipinski definition) is 1. The van der Waals surface area contributed by atoms with Gasteiger partial charge in [-0.05, 0) is 42.7 Å². The number of nitrogens with two attached hydrogens (primary N) is 1. The van der Waals surface area contributed by atoms with Gasteiger partial charge in [0.15, 0.2) is 5.65 Å². The van der Waals surface area contributed by atoms with Crippen molar-refractivity contribution in [3.05, 3.63) is 71.6 Å². The molecule has 0 unspecified atom stereocenters. The van der Waals surface area contributed by atoms with Gasteiger partial charge in [-0.15, -0.1) is 0 Å².